The number of nitro benzene ring substituents is 1. The van der Waals surface area contributed by atoms with Crippen LogP contribution >= 0.6 is 11.6 Å². The molecule has 0 radical (unpaired) electrons. The van der Waals surface area contributed by atoms with Crippen LogP contribution in [0.3, 0.4) is 0 Å². The fraction of sp³-hybridized carbons (Fsp3) is 0.118. The Balaban J connectivity index is 2.14. The summed E-state index contributed by atoms with van der Waals surface area (Å²) in [6, 6.07) is 10.4. The van der Waals surface area contributed by atoms with Crippen LogP contribution in [0.2, 0.25) is 5.02 Å². The molecule has 0 unspecified atom stereocenters. The lowest BCUT2D eigenvalue weighted by molar-refractivity contribution is -0.383. The van der Waals surface area contributed by atoms with Gasteiger partial charge in [0.25, 0.3) is 5.69 Å². The summed E-state index contributed by atoms with van der Waals surface area (Å²) < 4.78 is 14.9. The number of rotatable bonds is 4. The Hall–Kier alpha value is -2.93. The minimum absolute atomic E-state index is 0.0579. The van der Waals surface area contributed by atoms with Crippen molar-refractivity contribution in [2.45, 2.75) is 6.92 Å². The van der Waals surface area contributed by atoms with Crippen LogP contribution in [0.15, 0.2) is 42.5 Å². The van der Waals surface area contributed by atoms with Crippen molar-refractivity contribution >= 4 is 28.8 Å². The molecule has 8 heteroatoms. The van der Waals surface area contributed by atoms with Crippen LogP contribution in [0.4, 0.5) is 21.6 Å². The number of aromatic nitrogens is 2. The Bertz CT molecular complexity index is 971. The third kappa shape index (κ3) is 3.18. The lowest BCUT2D eigenvalue weighted by Gasteiger charge is -2.11. The number of halogens is 2. The summed E-state index contributed by atoms with van der Waals surface area (Å²) in [6.07, 6.45) is 0. The molecular formula is C17H14ClFN4O2. The maximum absolute atomic E-state index is 13.4. The topological polar surface area (TPSA) is 73.0 Å². The molecule has 6 nitrogen and oxygen atoms in total. The van der Waals surface area contributed by atoms with Crippen LogP contribution in [-0.4, -0.2) is 14.7 Å². The maximum Gasteiger partial charge on any atom is 0.292 e. The Morgan fingerprint density at radius 3 is 2.68 bits per heavy atom. The highest BCUT2D eigenvalue weighted by molar-refractivity contribution is 6.33. The third-order valence-corrected chi connectivity index (χ3v) is 4.09. The molecule has 25 heavy (non-hydrogen) atoms. The highest BCUT2D eigenvalue weighted by Gasteiger charge is 2.21. The van der Waals surface area contributed by atoms with E-state index in [2.05, 4.69) is 10.4 Å². The molecule has 3 rings (SSSR count). The first-order valence-corrected chi connectivity index (χ1v) is 7.75. The van der Waals surface area contributed by atoms with Crippen LogP contribution in [0.25, 0.3) is 11.1 Å². The third-order valence-electron chi connectivity index (χ3n) is 3.78. The fourth-order valence-corrected chi connectivity index (χ4v) is 2.94. The molecule has 0 bridgehead atoms. The minimum atomic E-state index is -0.462. The molecule has 0 atom stereocenters. The van der Waals surface area contributed by atoms with Gasteiger partial charge in [-0.1, -0.05) is 23.7 Å². The van der Waals surface area contributed by atoms with Crippen molar-refractivity contribution in [1.29, 1.82) is 0 Å². The zero-order chi connectivity index (χ0) is 18.1. The van der Waals surface area contributed by atoms with Gasteiger partial charge in [-0.15, -0.1) is 0 Å². The van der Waals surface area contributed by atoms with E-state index in [4.69, 9.17) is 11.6 Å². The van der Waals surface area contributed by atoms with Gasteiger partial charge in [0, 0.05) is 24.2 Å². The molecule has 0 aliphatic heterocycles. The smallest absolute Gasteiger partial charge is 0.292 e. The van der Waals surface area contributed by atoms with Crippen LogP contribution in [0, 0.1) is 22.9 Å². The predicted octanol–water partition coefficient (Wildman–Crippen LogP) is 4.84. The number of nitrogens with zero attached hydrogens (tertiary/aromatic N) is 3. The van der Waals surface area contributed by atoms with Gasteiger partial charge in [-0.2, -0.15) is 5.10 Å². The van der Waals surface area contributed by atoms with E-state index in [1.165, 1.54) is 18.2 Å². The lowest BCUT2D eigenvalue weighted by atomic mass is 10.1. The highest BCUT2D eigenvalue weighted by atomic mass is 35.5. The molecule has 2 aromatic carbocycles. The van der Waals surface area contributed by atoms with Crippen LogP contribution in [-0.2, 0) is 7.05 Å². The number of hydrogen-bond donors (Lipinski definition) is 1. The summed E-state index contributed by atoms with van der Waals surface area (Å²) in [5, 5.41) is 18.9. The lowest BCUT2D eigenvalue weighted by Crippen LogP contribution is -2.02. The van der Waals surface area contributed by atoms with Crippen LogP contribution in [0.5, 0.6) is 0 Å². The van der Waals surface area contributed by atoms with E-state index >= 15 is 0 Å². The van der Waals surface area contributed by atoms with Crippen molar-refractivity contribution in [1.82, 2.24) is 9.78 Å². The fourth-order valence-electron chi connectivity index (χ4n) is 2.68. The number of aryl methyl sites for hydroxylation is 2. The summed E-state index contributed by atoms with van der Waals surface area (Å²) in [7, 11) is 1.71. The summed E-state index contributed by atoms with van der Waals surface area (Å²) in [4.78, 5) is 10.8. The number of nitro groups is 1. The van der Waals surface area contributed by atoms with Crippen molar-refractivity contribution in [3.8, 4) is 11.1 Å². The van der Waals surface area contributed by atoms with Crippen LogP contribution < -0.4 is 5.32 Å². The number of para-hydroxylation sites is 2. The second kappa shape index (κ2) is 6.52. The summed E-state index contributed by atoms with van der Waals surface area (Å²) in [5.41, 5.74) is 2.19. The summed E-state index contributed by atoms with van der Waals surface area (Å²) in [5.74, 6) is 0.0869. The van der Waals surface area contributed by atoms with E-state index in [1.807, 2.05) is 0 Å². The van der Waals surface area contributed by atoms with E-state index in [1.54, 1.807) is 42.9 Å². The molecule has 0 aliphatic carbocycles. The van der Waals surface area contributed by atoms with E-state index in [-0.39, 0.29) is 10.7 Å². The number of benzene rings is 2. The maximum atomic E-state index is 13.4. The van der Waals surface area contributed by atoms with E-state index < -0.39 is 10.7 Å². The SMILES string of the molecule is Cc1nn(C)c(Nc2ccccc2[N+](=O)[O-])c1-c1ccc(F)cc1Cl. The van der Waals surface area contributed by atoms with Gasteiger partial charge in [0.15, 0.2) is 0 Å². The van der Waals surface area contributed by atoms with Gasteiger partial charge in [-0.3, -0.25) is 14.8 Å². The van der Waals surface area contributed by atoms with Gasteiger partial charge in [-0.25, -0.2) is 4.39 Å². The molecule has 0 spiro atoms. The monoisotopic (exact) mass is 360 g/mol. The average Bonchev–Trinajstić information content (AvgIpc) is 2.82. The molecule has 1 heterocycles. The molecule has 0 saturated carbocycles. The van der Waals surface area contributed by atoms with Crippen molar-refractivity contribution in [3.05, 3.63) is 69.1 Å². The first-order chi connectivity index (χ1) is 11.9. The molecule has 0 saturated heterocycles. The summed E-state index contributed by atoms with van der Waals surface area (Å²) >= 11 is 6.19. The van der Waals surface area contributed by atoms with E-state index in [0.29, 0.717) is 28.3 Å². The molecule has 0 aliphatic rings. The average molecular weight is 361 g/mol. The largest absolute Gasteiger partial charge is 0.334 e. The normalized spacial score (nSPS) is 10.7. The van der Waals surface area contributed by atoms with Gasteiger partial charge in [-0.05, 0) is 31.2 Å². The molecule has 3 aromatic rings. The first kappa shape index (κ1) is 16.9. The quantitative estimate of drug-likeness (QED) is 0.533. The second-order valence-electron chi connectivity index (χ2n) is 5.46. The molecule has 128 valence electrons. The Morgan fingerprint density at radius 1 is 1.28 bits per heavy atom. The van der Waals surface area contributed by atoms with Crippen LogP contribution in [0.1, 0.15) is 5.69 Å². The van der Waals surface area contributed by atoms with Gasteiger partial charge < -0.3 is 5.32 Å². The number of nitrogens with one attached hydrogen (secondary N) is 1. The molecule has 0 amide bonds. The molecular weight excluding hydrogens is 347 g/mol. The van der Waals surface area contributed by atoms with Gasteiger partial charge >= 0.3 is 0 Å². The van der Waals surface area contributed by atoms with E-state index in [9.17, 15) is 14.5 Å². The first-order valence-electron chi connectivity index (χ1n) is 7.38. The minimum Gasteiger partial charge on any atom is -0.334 e. The number of anilines is 2. The highest BCUT2D eigenvalue weighted by Crippen LogP contribution is 2.38. The molecule has 0 fully saturated rings. The van der Waals surface area contributed by atoms with E-state index in [0.717, 1.165) is 0 Å². The van der Waals surface area contributed by atoms with Crippen molar-refractivity contribution in [3.63, 3.8) is 0 Å². The van der Waals surface area contributed by atoms with Gasteiger partial charge in [0.1, 0.15) is 17.3 Å². The summed E-state index contributed by atoms with van der Waals surface area (Å²) in [6.45, 7) is 1.79. The van der Waals surface area contributed by atoms with Gasteiger partial charge in [0.05, 0.1) is 15.6 Å². The zero-order valence-corrected chi connectivity index (χ0v) is 14.2. The van der Waals surface area contributed by atoms with Crippen molar-refractivity contribution in [2.24, 2.45) is 7.05 Å². The molecule has 1 aromatic heterocycles. The van der Waals surface area contributed by atoms with Crippen molar-refractivity contribution < 1.29 is 9.31 Å². The molecule has 1 N–H and O–H groups in total. The van der Waals surface area contributed by atoms with Crippen molar-refractivity contribution in [2.75, 3.05) is 5.32 Å². The Morgan fingerprint density at radius 2 is 2.00 bits per heavy atom. The second-order valence-corrected chi connectivity index (χ2v) is 5.86. The number of hydrogen-bond acceptors (Lipinski definition) is 4. The zero-order valence-electron chi connectivity index (χ0n) is 13.5. The van der Waals surface area contributed by atoms with Gasteiger partial charge in [0.2, 0.25) is 0 Å². The standard InChI is InChI=1S/C17H14ClFN4O2/c1-10-16(12-8-7-11(19)9-13(12)18)17(22(2)21-10)20-14-5-3-4-6-15(14)23(24)25/h3-9,20H,1-2H3. The Kier molecular flexibility index (Phi) is 4.41. The Labute approximate surface area is 148 Å². The predicted molar refractivity (Wildman–Crippen MR) is 94.7 cm³/mol.